The highest BCUT2D eigenvalue weighted by Gasteiger charge is 2.33. The van der Waals surface area contributed by atoms with Gasteiger partial charge in [0.25, 0.3) is 5.56 Å². The van der Waals surface area contributed by atoms with E-state index < -0.39 is 17.3 Å². The fraction of sp³-hybridized carbons (Fsp3) is 0.296. The van der Waals surface area contributed by atoms with Gasteiger partial charge in [-0.15, -0.1) is 0 Å². The second-order valence-electron chi connectivity index (χ2n) is 9.10. The molecule has 5 rings (SSSR count). The number of rotatable bonds is 6. The van der Waals surface area contributed by atoms with Gasteiger partial charge in [0.1, 0.15) is 5.65 Å². The maximum Gasteiger partial charge on any atom is 0.416 e. The molecule has 0 atom stereocenters. The van der Waals surface area contributed by atoms with E-state index in [-0.39, 0.29) is 23.7 Å². The van der Waals surface area contributed by atoms with Gasteiger partial charge in [0, 0.05) is 23.3 Å². The number of hydrogen-bond donors (Lipinski definition) is 2. The predicted octanol–water partition coefficient (Wildman–Crippen LogP) is 5.14. The Labute approximate surface area is 206 Å². The van der Waals surface area contributed by atoms with E-state index in [0.29, 0.717) is 11.3 Å². The molecule has 186 valence electrons. The number of alkyl halides is 3. The van der Waals surface area contributed by atoms with Crippen molar-refractivity contribution in [2.75, 3.05) is 18.4 Å². The van der Waals surface area contributed by atoms with Gasteiger partial charge >= 0.3 is 6.18 Å². The molecule has 6 nitrogen and oxygen atoms in total. The highest BCUT2D eigenvalue weighted by atomic mass is 19.4. The van der Waals surface area contributed by atoms with Crippen LogP contribution in [0.15, 0.2) is 71.7 Å². The van der Waals surface area contributed by atoms with Gasteiger partial charge in [-0.3, -0.25) is 9.36 Å². The summed E-state index contributed by atoms with van der Waals surface area (Å²) in [5.41, 5.74) is 1.11. The van der Waals surface area contributed by atoms with Crippen molar-refractivity contribution in [3.05, 3.63) is 93.9 Å². The Morgan fingerprint density at radius 1 is 1.00 bits per heavy atom. The number of anilines is 2. The molecule has 1 fully saturated rings. The van der Waals surface area contributed by atoms with Crippen molar-refractivity contribution in [1.29, 1.82) is 0 Å². The molecular weight excluding hydrogens is 467 g/mol. The minimum Gasteiger partial charge on any atom is -0.324 e. The van der Waals surface area contributed by atoms with E-state index in [1.807, 2.05) is 12.1 Å². The van der Waals surface area contributed by atoms with Crippen molar-refractivity contribution in [2.45, 2.75) is 32.0 Å². The van der Waals surface area contributed by atoms with Crippen LogP contribution in [0.4, 0.5) is 24.8 Å². The number of nitrogens with zero attached hydrogens (tertiary/aromatic N) is 3. The number of hydrogen-bond acceptors (Lipinski definition) is 5. The second-order valence-corrected chi connectivity index (χ2v) is 9.10. The van der Waals surface area contributed by atoms with Crippen LogP contribution < -0.4 is 16.2 Å². The Balaban J connectivity index is 1.40. The van der Waals surface area contributed by atoms with Gasteiger partial charge in [0.2, 0.25) is 5.95 Å². The van der Waals surface area contributed by atoms with Gasteiger partial charge in [0.15, 0.2) is 0 Å². The summed E-state index contributed by atoms with van der Waals surface area (Å²) in [6.45, 7) is 1.88. The van der Waals surface area contributed by atoms with E-state index in [1.54, 1.807) is 12.3 Å². The lowest BCUT2D eigenvalue weighted by Crippen LogP contribution is -2.28. The molecule has 9 heteroatoms. The van der Waals surface area contributed by atoms with Crippen LogP contribution in [0.3, 0.4) is 0 Å². The van der Waals surface area contributed by atoms with Crippen LogP contribution in [0.2, 0.25) is 0 Å². The molecule has 36 heavy (non-hydrogen) atoms. The van der Waals surface area contributed by atoms with E-state index in [0.717, 1.165) is 31.3 Å². The number of fused-ring (bicyclic) bond motifs is 1. The normalized spacial score (nSPS) is 14.8. The molecule has 1 aliphatic rings. The Bertz CT molecular complexity index is 1410. The first-order chi connectivity index (χ1) is 17.4. The number of pyridine rings is 1. The standard InChI is InChI=1S/C27H26F3N5O/c28-27(29,30)23-4-2-1-3-21(23)17-35-24(36)10-7-20-16-32-26(34-25(20)35)33-22-8-5-18(6-9-22)15-19-11-13-31-14-12-19/h1-10,16,19,31H,11-15,17H2,(H,32,33,34). The van der Waals surface area contributed by atoms with Crippen LogP contribution in [-0.2, 0) is 19.1 Å². The molecule has 2 aromatic heterocycles. The lowest BCUT2D eigenvalue weighted by Gasteiger charge is -2.22. The summed E-state index contributed by atoms with van der Waals surface area (Å²) >= 11 is 0. The third-order valence-electron chi connectivity index (χ3n) is 6.57. The first-order valence-corrected chi connectivity index (χ1v) is 12.0. The minimum absolute atomic E-state index is 0.00272. The number of halogens is 3. The summed E-state index contributed by atoms with van der Waals surface area (Å²) in [6, 6.07) is 16.2. The Morgan fingerprint density at radius 2 is 1.75 bits per heavy atom. The van der Waals surface area contributed by atoms with Gasteiger partial charge in [0.05, 0.1) is 12.1 Å². The van der Waals surface area contributed by atoms with E-state index in [1.165, 1.54) is 47.2 Å². The highest BCUT2D eigenvalue weighted by Crippen LogP contribution is 2.32. The van der Waals surface area contributed by atoms with Gasteiger partial charge in [-0.1, -0.05) is 30.3 Å². The van der Waals surface area contributed by atoms with Crippen molar-refractivity contribution < 1.29 is 13.2 Å². The maximum absolute atomic E-state index is 13.5. The zero-order valence-corrected chi connectivity index (χ0v) is 19.6. The van der Waals surface area contributed by atoms with Crippen molar-refractivity contribution >= 4 is 22.7 Å². The first kappa shape index (κ1) is 24.0. The fourth-order valence-electron chi connectivity index (χ4n) is 4.66. The molecule has 0 bridgehead atoms. The summed E-state index contributed by atoms with van der Waals surface area (Å²) in [5, 5.41) is 7.09. The molecule has 0 aliphatic carbocycles. The Morgan fingerprint density at radius 3 is 2.50 bits per heavy atom. The number of piperidine rings is 1. The molecule has 0 amide bonds. The van der Waals surface area contributed by atoms with Crippen LogP contribution in [0.5, 0.6) is 0 Å². The smallest absolute Gasteiger partial charge is 0.324 e. The van der Waals surface area contributed by atoms with Crippen molar-refractivity contribution in [3.8, 4) is 0 Å². The van der Waals surface area contributed by atoms with Gasteiger partial charge in [-0.2, -0.15) is 18.2 Å². The molecule has 4 aromatic rings. The average molecular weight is 494 g/mol. The average Bonchev–Trinajstić information content (AvgIpc) is 2.87. The highest BCUT2D eigenvalue weighted by molar-refractivity contribution is 5.75. The molecule has 0 saturated carbocycles. The zero-order chi connectivity index (χ0) is 25.1. The lowest BCUT2D eigenvalue weighted by atomic mass is 9.91. The lowest BCUT2D eigenvalue weighted by molar-refractivity contribution is -0.138. The van der Waals surface area contributed by atoms with Crippen LogP contribution >= 0.6 is 0 Å². The van der Waals surface area contributed by atoms with Crippen molar-refractivity contribution in [2.24, 2.45) is 5.92 Å². The SMILES string of the molecule is O=c1ccc2cnc(Nc3ccc(CC4CCNCC4)cc3)nc2n1Cc1ccccc1C(F)(F)F. The van der Waals surface area contributed by atoms with E-state index in [4.69, 9.17) is 0 Å². The summed E-state index contributed by atoms with van der Waals surface area (Å²) in [6.07, 6.45) is 0.439. The molecule has 0 unspecified atom stereocenters. The Kier molecular flexibility index (Phi) is 6.73. The third kappa shape index (κ3) is 5.41. The summed E-state index contributed by atoms with van der Waals surface area (Å²) < 4.78 is 41.8. The Hall–Kier alpha value is -3.72. The third-order valence-corrected chi connectivity index (χ3v) is 6.57. The molecule has 1 saturated heterocycles. The molecule has 0 spiro atoms. The topological polar surface area (TPSA) is 71.8 Å². The maximum atomic E-state index is 13.5. The van der Waals surface area contributed by atoms with Crippen LogP contribution in [0.1, 0.15) is 29.5 Å². The van der Waals surface area contributed by atoms with E-state index in [2.05, 4.69) is 32.7 Å². The quantitative estimate of drug-likeness (QED) is 0.389. The van der Waals surface area contributed by atoms with Gasteiger partial charge < -0.3 is 10.6 Å². The molecule has 1 aliphatic heterocycles. The van der Waals surface area contributed by atoms with Crippen LogP contribution in [-0.4, -0.2) is 27.6 Å². The molecule has 0 radical (unpaired) electrons. The summed E-state index contributed by atoms with van der Waals surface area (Å²) in [4.78, 5) is 21.5. The largest absolute Gasteiger partial charge is 0.416 e. The fourth-order valence-corrected chi connectivity index (χ4v) is 4.66. The predicted molar refractivity (Wildman–Crippen MR) is 133 cm³/mol. The van der Waals surface area contributed by atoms with Crippen molar-refractivity contribution in [3.63, 3.8) is 0 Å². The van der Waals surface area contributed by atoms with E-state index >= 15 is 0 Å². The van der Waals surface area contributed by atoms with Gasteiger partial charge in [-0.25, -0.2) is 4.98 Å². The van der Waals surface area contributed by atoms with Crippen LogP contribution in [0, 0.1) is 5.92 Å². The summed E-state index contributed by atoms with van der Waals surface area (Å²) in [5.74, 6) is 0.949. The number of benzene rings is 2. The first-order valence-electron chi connectivity index (χ1n) is 12.0. The molecule has 2 aromatic carbocycles. The number of aromatic nitrogens is 3. The van der Waals surface area contributed by atoms with Crippen LogP contribution in [0.25, 0.3) is 11.0 Å². The van der Waals surface area contributed by atoms with Crippen molar-refractivity contribution in [1.82, 2.24) is 19.9 Å². The summed E-state index contributed by atoms with van der Waals surface area (Å²) in [7, 11) is 0. The van der Waals surface area contributed by atoms with E-state index in [9.17, 15) is 18.0 Å². The zero-order valence-electron chi connectivity index (χ0n) is 19.6. The number of nitrogens with one attached hydrogen (secondary N) is 2. The van der Waals surface area contributed by atoms with Gasteiger partial charge in [-0.05, 0) is 73.7 Å². The molecule has 3 heterocycles. The second kappa shape index (κ2) is 10.1. The molecule has 2 N–H and O–H groups in total. The minimum atomic E-state index is -4.52. The monoisotopic (exact) mass is 493 g/mol. The molecular formula is C27H26F3N5O.